The zero-order chi connectivity index (χ0) is 16.5. The van der Waals surface area contributed by atoms with Crippen LogP contribution in [0.15, 0.2) is 18.2 Å². The van der Waals surface area contributed by atoms with Crippen molar-refractivity contribution >= 4 is 11.9 Å². The number of halogens is 2. The molecule has 0 heterocycles. The highest BCUT2D eigenvalue weighted by molar-refractivity contribution is 5.84. The second-order valence-corrected chi connectivity index (χ2v) is 4.82. The van der Waals surface area contributed by atoms with Crippen LogP contribution < -0.4 is 5.32 Å². The van der Waals surface area contributed by atoms with Crippen LogP contribution in [0, 0.1) is 23.0 Å². The maximum Gasteiger partial charge on any atom is 0.326 e. The Bertz CT molecular complexity index is 564. The van der Waals surface area contributed by atoms with Gasteiger partial charge in [0.2, 0.25) is 5.91 Å². The van der Waals surface area contributed by atoms with Crippen LogP contribution in [0.25, 0.3) is 0 Å². The number of benzene rings is 1. The number of carbonyl (C=O) groups is 2. The monoisotopic (exact) mass is 310 g/mol. The van der Waals surface area contributed by atoms with E-state index >= 15 is 0 Å². The van der Waals surface area contributed by atoms with Crippen LogP contribution in [-0.4, -0.2) is 23.0 Å². The predicted molar refractivity (Wildman–Crippen MR) is 73.7 cm³/mol. The molecular weight excluding hydrogens is 294 g/mol. The fourth-order valence-electron chi connectivity index (χ4n) is 1.95. The summed E-state index contributed by atoms with van der Waals surface area (Å²) >= 11 is 0. The Balaban J connectivity index is 2.56. The molecule has 0 unspecified atom stereocenters. The smallest absolute Gasteiger partial charge is 0.326 e. The minimum atomic E-state index is -1.18. The molecule has 5 nitrogen and oxygen atoms in total. The maximum atomic E-state index is 13.0. The molecular formula is C15H16F2N2O3. The molecule has 1 atom stereocenters. The normalized spacial score (nSPS) is 11.5. The van der Waals surface area contributed by atoms with Gasteiger partial charge in [0, 0.05) is 12.5 Å². The Kier molecular flexibility index (Phi) is 6.96. The van der Waals surface area contributed by atoms with Crippen molar-refractivity contribution < 1.29 is 23.5 Å². The molecule has 0 radical (unpaired) electrons. The van der Waals surface area contributed by atoms with Crippen molar-refractivity contribution in [3.8, 4) is 6.07 Å². The standard InChI is InChI=1S/C15H16F2N2O3/c16-11-6-10(7-12(17)9-11)8-14(20)19-13(15(21)22)4-2-1-3-5-18/h6-7,9,13H,1-4,8H2,(H,19,20)(H,21,22)/t13-/m0/s1. The summed E-state index contributed by atoms with van der Waals surface area (Å²) in [5.41, 5.74) is 0.128. The van der Waals surface area contributed by atoms with Crippen molar-refractivity contribution in [2.24, 2.45) is 0 Å². The van der Waals surface area contributed by atoms with E-state index in [0.29, 0.717) is 25.3 Å². The lowest BCUT2D eigenvalue weighted by atomic mass is 10.1. The van der Waals surface area contributed by atoms with Crippen LogP contribution >= 0.6 is 0 Å². The number of carboxylic acid groups (broad SMARTS) is 1. The number of nitrogens with one attached hydrogen (secondary N) is 1. The summed E-state index contributed by atoms with van der Waals surface area (Å²) in [5.74, 6) is -3.41. The highest BCUT2D eigenvalue weighted by Gasteiger charge is 2.19. The zero-order valence-electron chi connectivity index (χ0n) is 11.8. The first-order valence-electron chi connectivity index (χ1n) is 6.76. The topological polar surface area (TPSA) is 90.2 Å². The summed E-state index contributed by atoms with van der Waals surface area (Å²) in [5, 5.41) is 19.7. The van der Waals surface area contributed by atoms with Crippen molar-refractivity contribution in [2.45, 2.75) is 38.1 Å². The Morgan fingerprint density at radius 3 is 2.41 bits per heavy atom. The lowest BCUT2D eigenvalue weighted by Gasteiger charge is -2.14. The third kappa shape index (κ3) is 6.31. The molecule has 0 spiro atoms. The van der Waals surface area contributed by atoms with E-state index in [1.54, 1.807) is 0 Å². The summed E-state index contributed by atoms with van der Waals surface area (Å²) in [6.07, 6.45) is 1.24. The fraction of sp³-hybridized carbons (Fsp3) is 0.400. The molecule has 0 aromatic heterocycles. The van der Waals surface area contributed by atoms with Gasteiger partial charge in [0.15, 0.2) is 0 Å². The number of aliphatic carboxylic acids is 1. The Hall–Kier alpha value is -2.49. The third-order valence-electron chi connectivity index (χ3n) is 2.95. The number of carboxylic acids is 1. The molecule has 118 valence electrons. The van der Waals surface area contributed by atoms with Gasteiger partial charge in [-0.25, -0.2) is 13.6 Å². The highest BCUT2D eigenvalue weighted by atomic mass is 19.1. The molecule has 0 aliphatic rings. The zero-order valence-corrected chi connectivity index (χ0v) is 11.8. The molecule has 0 aliphatic carbocycles. The van der Waals surface area contributed by atoms with Gasteiger partial charge in [-0.15, -0.1) is 0 Å². The first-order valence-corrected chi connectivity index (χ1v) is 6.76. The Labute approximate surface area is 126 Å². The van der Waals surface area contributed by atoms with Gasteiger partial charge in [-0.3, -0.25) is 4.79 Å². The van der Waals surface area contributed by atoms with E-state index in [2.05, 4.69) is 5.32 Å². The van der Waals surface area contributed by atoms with Crippen molar-refractivity contribution in [1.82, 2.24) is 5.32 Å². The number of carbonyl (C=O) groups excluding carboxylic acids is 1. The van der Waals surface area contributed by atoms with Crippen LogP contribution in [0.1, 0.15) is 31.2 Å². The van der Waals surface area contributed by atoms with Crippen molar-refractivity contribution in [3.63, 3.8) is 0 Å². The predicted octanol–water partition coefficient (Wildman–Crippen LogP) is 2.16. The SMILES string of the molecule is N#CCCCC[C@H](NC(=O)Cc1cc(F)cc(F)c1)C(=O)O. The van der Waals surface area contributed by atoms with E-state index in [0.717, 1.165) is 12.1 Å². The Morgan fingerprint density at radius 1 is 1.23 bits per heavy atom. The van der Waals surface area contributed by atoms with E-state index in [9.17, 15) is 18.4 Å². The summed E-state index contributed by atoms with van der Waals surface area (Å²) < 4.78 is 26.0. The molecule has 7 heteroatoms. The van der Waals surface area contributed by atoms with Gasteiger partial charge in [-0.2, -0.15) is 5.26 Å². The van der Waals surface area contributed by atoms with Gasteiger partial charge in [0.1, 0.15) is 17.7 Å². The quantitative estimate of drug-likeness (QED) is 0.720. The van der Waals surface area contributed by atoms with Crippen molar-refractivity contribution in [1.29, 1.82) is 5.26 Å². The lowest BCUT2D eigenvalue weighted by Crippen LogP contribution is -2.41. The van der Waals surface area contributed by atoms with Gasteiger partial charge >= 0.3 is 5.97 Å². The van der Waals surface area contributed by atoms with E-state index in [4.69, 9.17) is 10.4 Å². The molecule has 0 bridgehead atoms. The van der Waals surface area contributed by atoms with Crippen molar-refractivity contribution in [3.05, 3.63) is 35.4 Å². The Morgan fingerprint density at radius 2 is 1.86 bits per heavy atom. The molecule has 1 amide bonds. The molecule has 2 N–H and O–H groups in total. The van der Waals surface area contributed by atoms with Crippen LogP contribution in [0.5, 0.6) is 0 Å². The summed E-state index contributed by atoms with van der Waals surface area (Å²) in [6.45, 7) is 0. The fourth-order valence-corrected chi connectivity index (χ4v) is 1.95. The van der Waals surface area contributed by atoms with Gasteiger partial charge < -0.3 is 10.4 Å². The maximum absolute atomic E-state index is 13.0. The van der Waals surface area contributed by atoms with Crippen LogP contribution in [0.2, 0.25) is 0 Å². The summed E-state index contributed by atoms with van der Waals surface area (Å²) in [6, 6.07) is 3.60. The van der Waals surface area contributed by atoms with Crippen LogP contribution in [0.3, 0.4) is 0 Å². The highest BCUT2D eigenvalue weighted by Crippen LogP contribution is 2.09. The van der Waals surface area contributed by atoms with Gasteiger partial charge in [-0.1, -0.05) is 0 Å². The second kappa shape index (κ2) is 8.72. The largest absolute Gasteiger partial charge is 0.480 e. The first kappa shape index (κ1) is 17.6. The average molecular weight is 310 g/mol. The number of hydrogen-bond acceptors (Lipinski definition) is 3. The number of unbranched alkanes of at least 4 members (excludes halogenated alkanes) is 2. The van der Waals surface area contributed by atoms with E-state index in [1.165, 1.54) is 0 Å². The molecule has 1 aromatic carbocycles. The lowest BCUT2D eigenvalue weighted by molar-refractivity contribution is -0.142. The molecule has 22 heavy (non-hydrogen) atoms. The molecule has 1 rings (SSSR count). The minimum Gasteiger partial charge on any atom is -0.480 e. The second-order valence-electron chi connectivity index (χ2n) is 4.82. The number of nitrogens with zero attached hydrogens (tertiary/aromatic N) is 1. The minimum absolute atomic E-state index is 0.128. The molecule has 0 aliphatic heterocycles. The van der Waals surface area contributed by atoms with E-state index < -0.39 is 29.6 Å². The van der Waals surface area contributed by atoms with Gasteiger partial charge in [-0.05, 0) is 37.0 Å². The van der Waals surface area contributed by atoms with Crippen LogP contribution in [0.4, 0.5) is 8.78 Å². The molecule has 0 saturated heterocycles. The number of hydrogen-bond donors (Lipinski definition) is 2. The number of amides is 1. The van der Waals surface area contributed by atoms with Crippen molar-refractivity contribution in [2.75, 3.05) is 0 Å². The van der Waals surface area contributed by atoms with Gasteiger partial charge in [0.05, 0.1) is 12.5 Å². The van der Waals surface area contributed by atoms with Gasteiger partial charge in [0.25, 0.3) is 0 Å². The van der Waals surface area contributed by atoms with Crippen LogP contribution in [-0.2, 0) is 16.0 Å². The molecule has 1 aromatic rings. The third-order valence-corrected chi connectivity index (χ3v) is 2.95. The summed E-state index contributed by atoms with van der Waals surface area (Å²) in [4.78, 5) is 22.8. The molecule has 0 fully saturated rings. The van der Waals surface area contributed by atoms with E-state index in [-0.39, 0.29) is 18.4 Å². The van der Waals surface area contributed by atoms with E-state index in [1.807, 2.05) is 6.07 Å². The average Bonchev–Trinajstić information content (AvgIpc) is 2.40. The summed E-state index contributed by atoms with van der Waals surface area (Å²) in [7, 11) is 0. The first-order chi connectivity index (χ1) is 10.4. The number of rotatable bonds is 8. The molecule has 0 saturated carbocycles. The number of nitriles is 1.